The second kappa shape index (κ2) is 5.13. The van der Waals surface area contributed by atoms with Gasteiger partial charge >= 0.3 is 0 Å². The van der Waals surface area contributed by atoms with Crippen LogP contribution in [0, 0.1) is 5.82 Å². The molecule has 2 rings (SSSR count). The zero-order chi connectivity index (χ0) is 14.9. The van der Waals surface area contributed by atoms with Crippen LogP contribution in [0.1, 0.15) is 5.56 Å². The highest BCUT2D eigenvalue weighted by atomic mass is 32.2. The van der Waals surface area contributed by atoms with Crippen molar-refractivity contribution in [2.75, 3.05) is 4.72 Å². The van der Waals surface area contributed by atoms with E-state index in [-0.39, 0.29) is 21.4 Å². The fraction of sp³-hybridized carbons (Fsp3) is 0.100. The van der Waals surface area contributed by atoms with Gasteiger partial charge in [-0.2, -0.15) is 10.1 Å². The molecule has 0 fully saturated rings. The first kappa shape index (κ1) is 14.3. The number of thiocarbonyl (C=S) groups is 1. The van der Waals surface area contributed by atoms with Gasteiger partial charge in [0.2, 0.25) is 5.95 Å². The van der Waals surface area contributed by atoms with Crippen molar-refractivity contribution in [3.05, 3.63) is 35.9 Å². The lowest BCUT2D eigenvalue weighted by Crippen LogP contribution is -2.22. The van der Waals surface area contributed by atoms with Gasteiger partial charge in [0.1, 0.15) is 22.0 Å². The summed E-state index contributed by atoms with van der Waals surface area (Å²) in [7, 11) is -2.58. The molecular weight excluding hydrogens is 305 g/mol. The number of nitrogens with one attached hydrogen (secondary N) is 1. The molecule has 1 aromatic heterocycles. The number of rotatable bonds is 4. The number of hydrogen-bond donors (Lipinski definition) is 2. The second-order valence-corrected chi connectivity index (χ2v) is 5.88. The maximum absolute atomic E-state index is 13.7. The first-order valence-corrected chi connectivity index (χ1v) is 7.17. The SMILES string of the molecule is Cn1ncnc1NS(=O)(=O)c1cccc(F)c1C(N)=S. The van der Waals surface area contributed by atoms with E-state index >= 15 is 0 Å². The van der Waals surface area contributed by atoms with E-state index in [2.05, 4.69) is 14.8 Å². The molecule has 0 atom stereocenters. The minimum absolute atomic E-state index is 0.0110. The smallest absolute Gasteiger partial charge is 0.265 e. The quantitative estimate of drug-likeness (QED) is 0.791. The van der Waals surface area contributed by atoms with Crippen LogP contribution in [0.25, 0.3) is 0 Å². The Labute approximate surface area is 119 Å². The molecule has 0 spiro atoms. The van der Waals surface area contributed by atoms with Gasteiger partial charge in [0, 0.05) is 7.05 Å². The van der Waals surface area contributed by atoms with E-state index in [4.69, 9.17) is 18.0 Å². The van der Waals surface area contributed by atoms with Crippen LogP contribution in [0.5, 0.6) is 0 Å². The van der Waals surface area contributed by atoms with E-state index in [1.54, 1.807) is 0 Å². The van der Waals surface area contributed by atoms with Crippen LogP contribution in [0.3, 0.4) is 0 Å². The molecule has 0 radical (unpaired) electrons. The number of benzene rings is 1. The van der Waals surface area contributed by atoms with Crippen molar-refractivity contribution < 1.29 is 12.8 Å². The Hall–Kier alpha value is -2.07. The summed E-state index contributed by atoms with van der Waals surface area (Å²) in [5, 5.41) is 3.72. The Bertz CT molecular complexity index is 772. The molecule has 1 aromatic carbocycles. The van der Waals surface area contributed by atoms with E-state index in [0.717, 1.165) is 6.07 Å². The average molecular weight is 315 g/mol. The van der Waals surface area contributed by atoms with Crippen molar-refractivity contribution in [1.29, 1.82) is 0 Å². The van der Waals surface area contributed by atoms with Crippen molar-refractivity contribution in [3.63, 3.8) is 0 Å². The summed E-state index contributed by atoms with van der Waals surface area (Å²) in [5.74, 6) is -0.818. The van der Waals surface area contributed by atoms with E-state index < -0.39 is 15.8 Å². The molecular formula is C10H10FN5O2S2. The van der Waals surface area contributed by atoms with Gasteiger partial charge in [-0.25, -0.2) is 22.2 Å². The van der Waals surface area contributed by atoms with Crippen molar-refractivity contribution in [1.82, 2.24) is 14.8 Å². The molecule has 0 aliphatic carbocycles. The van der Waals surface area contributed by atoms with Crippen LogP contribution in [-0.4, -0.2) is 28.2 Å². The number of nitrogens with zero attached hydrogens (tertiary/aromatic N) is 3. The zero-order valence-corrected chi connectivity index (χ0v) is 11.9. The summed E-state index contributed by atoms with van der Waals surface area (Å²) in [5.41, 5.74) is 5.05. The Morgan fingerprint density at radius 1 is 1.50 bits per heavy atom. The van der Waals surface area contributed by atoms with Gasteiger partial charge in [0.15, 0.2) is 0 Å². The summed E-state index contributed by atoms with van der Waals surface area (Å²) in [6.45, 7) is 0. The third-order valence-electron chi connectivity index (χ3n) is 2.45. The molecule has 2 aromatic rings. The first-order valence-electron chi connectivity index (χ1n) is 5.28. The number of aromatic nitrogens is 3. The van der Waals surface area contributed by atoms with Gasteiger partial charge in [-0.3, -0.25) is 0 Å². The van der Waals surface area contributed by atoms with Crippen LogP contribution in [-0.2, 0) is 17.1 Å². The summed E-state index contributed by atoms with van der Waals surface area (Å²) < 4.78 is 41.6. The maximum atomic E-state index is 13.7. The largest absolute Gasteiger partial charge is 0.389 e. The molecule has 106 valence electrons. The lowest BCUT2D eigenvalue weighted by Gasteiger charge is -2.11. The molecule has 0 saturated heterocycles. The molecule has 0 saturated carbocycles. The fourth-order valence-electron chi connectivity index (χ4n) is 1.53. The summed E-state index contributed by atoms with van der Waals surface area (Å²) >= 11 is 4.69. The van der Waals surface area contributed by atoms with Gasteiger partial charge in [0.05, 0.1) is 5.56 Å². The third kappa shape index (κ3) is 2.60. The normalized spacial score (nSPS) is 11.3. The van der Waals surface area contributed by atoms with Crippen LogP contribution in [0.2, 0.25) is 0 Å². The minimum Gasteiger partial charge on any atom is -0.389 e. The van der Waals surface area contributed by atoms with Gasteiger partial charge in [-0.05, 0) is 12.1 Å². The van der Waals surface area contributed by atoms with E-state index in [0.29, 0.717) is 0 Å². The third-order valence-corrected chi connectivity index (χ3v) is 4.02. The van der Waals surface area contributed by atoms with Gasteiger partial charge in [0.25, 0.3) is 10.0 Å². The molecule has 20 heavy (non-hydrogen) atoms. The standard InChI is InChI=1S/C10H10FN5O2S2/c1-16-10(13-5-14-16)15-20(17,18)7-4-2-3-6(11)8(7)9(12)19/h2-5H,1H3,(H2,12,19)(H,13,14,15). The number of halogens is 1. The number of anilines is 1. The molecule has 3 N–H and O–H groups in total. The lowest BCUT2D eigenvalue weighted by molar-refractivity contribution is 0.593. The number of sulfonamides is 1. The van der Waals surface area contributed by atoms with E-state index in [9.17, 15) is 12.8 Å². The zero-order valence-electron chi connectivity index (χ0n) is 10.2. The van der Waals surface area contributed by atoms with Crippen molar-refractivity contribution >= 4 is 33.2 Å². The van der Waals surface area contributed by atoms with Crippen molar-refractivity contribution in [2.24, 2.45) is 12.8 Å². The predicted octanol–water partition coefficient (Wildman–Crippen LogP) is 0.389. The molecule has 10 heteroatoms. The monoisotopic (exact) mass is 315 g/mol. The Morgan fingerprint density at radius 2 is 2.20 bits per heavy atom. The Balaban J connectivity index is 2.53. The summed E-state index contributed by atoms with van der Waals surface area (Å²) in [4.78, 5) is 3.03. The van der Waals surface area contributed by atoms with Crippen LogP contribution >= 0.6 is 12.2 Å². The Kier molecular flexibility index (Phi) is 3.68. The van der Waals surface area contributed by atoms with Gasteiger partial charge < -0.3 is 5.73 Å². The predicted molar refractivity (Wildman–Crippen MR) is 74.1 cm³/mol. The van der Waals surface area contributed by atoms with Crippen molar-refractivity contribution in [2.45, 2.75) is 4.90 Å². The minimum atomic E-state index is -4.08. The highest BCUT2D eigenvalue weighted by Crippen LogP contribution is 2.21. The fourth-order valence-corrected chi connectivity index (χ4v) is 3.07. The molecule has 0 aliphatic heterocycles. The van der Waals surface area contributed by atoms with Crippen LogP contribution < -0.4 is 10.5 Å². The highest BCUT2D eigenvalue weighted by molar-refractivity contribution is 7.93. The molecule has 1 heterocycles. The summed E-state index contributed by atoms with van der Waals surface area (Å²) in [6, 6.07) is 3.54. The molecule has 0 aliphatic rings. The van der Waals surface area contributed by atoms with Crippen molar-refractivity contribution in [3.8, 4) is 0 Å². The number of hydrogen-bond acceptors (Lipinski definition) is 5. The first-order chi connectivity index (χ1) is 9.33. The molecule has 7 nitrogen and oxygen atoms in total. The lowest BCUT2D eigenvalue weighted by atomic mass is 10.2. The average Bonchev–Trinajstić information content (AvgIpc) is 2.73. The molecule has 0 amide bonds. The van der Waals surface area contributed by atoms with Gasteiger partial charge in [-0.15, -0.1) is 0 Å². The van der Waals surface area contributed by atoms with Crippen LogP contribution in [0.4, 0.5) is 10.3 Å². The number of nitrogens with two attached hydrogens (primary N) is 1. The Morgan fingerprint density at radius 3 is 2.75 bits per heavy atom. The molecule has 0 unspecified atom stereocenters. The van der Waals surface area contributed by atoms with E-state index in [1.807, 2.05) is 0 Å². The van der Waals surface area contributed by atoms with Gasteiger partial charge in [-0.1, -0.05) is 18.3 Å². The number of aryl methyl sites for hydroxylation is 1. The second-order valence-electron chi connectivity index (χ2n) is 3.79. The molecule has 0 bridgehead atoms. The van der Waals surface area contributed by atoms with E-state index in [1.165, 1.54) is 30.2 Å². The van der Waals surface area contributed by atoms with Crippen LogP contribution in [0.15, 0.2) is 29.4 Å². The maximum Gasteiger partial charge on any atom is 0.265 e. The summed E-state index contributed by atoms with van der Waals surface area (Å²) in [6.07, 6.45) is 1.18. The topological polar surface area (TPSA) is 103 Å². The highest BCUT2D eigenvalue weighted by Gasteiger charge is 2.24.